The molecule has 0 radical (unpaired) electrons. The minimum Gasteiger partial charge on any atom is -0.480 e. The Morgan fingerprint density at radius 2 is 2.27 bits per heavy atom. The standard InChI is InChI=1S/C6H13NO4/c1-3-11-6(10)7-4(2)5(8)9/h4,6-7,10H,3H2,1-2H3,(H,8,9). The van der Waals surface area contributed by atoms with E-state index >= 15 is 0 Å². The molecule has 0 saturated heterocycles. The van der Waals surface area contributed by atoms with Gasteiger partial charge < -0.3 is 14.9 Å². The molecular formula is C6H13NO4. The van der Waals surface area contributed by atoms with E-state index in [1.807, 2.05) is 0 Å². The number of aliphatic carboxylic acids is 1. The van der Waals surface area contributed by atoms with E-state index in [-0.39, 0.29) is 0 Å². The molecule has 0 bridgehead atoms. The van der Waals surface area contributed by atoms with E-state index in [0.29, 0.717) is 6.61 Å². The van der Waals surface area contributed by atoms with Crippen molar-refractivity contribution >= 4 is 5.97 Å². The van der Waals surface area contributed by atoms with E-state index in [1.165, 1.54) is 6.92 Å². The maximum absolute atomic E-state index is 10.2. The Hall–Kier alpha value is -0.650. The number of aliphatic hydroxyl groups excluding tert-OH is 1. The summed E-state index contributed by atoms with van der Waals surface area (Å²) in [6, 6.07) is -0.809. The molecule has 2 atom stereocenters. The zero-order valence-corrected chi connectivity index (χ0v) is 6.57. The summed E-state index contributed by atoms with van der Waals surface area (Å²) in [5.41, 5.74) is 0. The molecule has 0 aromatic carbocycles. The molecule has 3 N–H and O–H groups in total. The molecule has 0 aliphatic heterocycles. The van der Waals surface area contributed by atoms with Crippen molar-refractivity contribution < 1.29 is 19.7 Å². The van der Waals surface area contributed by atoms with Crippen molar-refractivity contribution in [3.63, 3.8) is 0 Å². The minimum absolute atomic E-state index is 0.334. The third kappa shape index (κ3) is 4.72. The molecule has 0 aromatic heterocycles. The van der Waals surface area contributed by atoms with E-state index in [1.54, 1.807) is 6.92 Å². The molecule has 0 fully saturated rings. The van der Waals surface area contributed by atoms with Gasteiger partial charge in [-0.05, 0) is 13.8 Å². The van der Waals surface area contributed by atoms with Crippen LogP contribution in [0.5, 0.6) is 0 Å². The monoisotopic (exact) mass is 163 g/mol. The highest BCUT2D eigenvalue weighted by atomic mass is 16.6. The van der Waals surface area contributed by atoms with E-state index in [9.17, 15) is 4.79 Å². The van der Waals surface area contributed by atoms with Gasteiger partial charge in [-0.2, -0.15) is 0 Å². The zero-order chi connectivity index (χ0) is 8.85. The first-order chi connectivity index (χ1) is 5.07. The molecule has 0 aliphatic carbocycles. The lowest BCUT2D eigenvalue weighted by atomic mass is 10.3. The van der Waals surface area contributed by atoms with Crippen LogP contribution in [0.4, 0.5) is 0 Å². The van der Waals surface area contributed by atoms with Crippen LogP contribution < -0.4 is 5.32 Å². The topological polar surface area (TPSA) is 78.8 Å². The minimum atomic E-state index is -1.20. The van der Waals surface area contributed by atoms with Gasteiger partial charge in [0.2, 0.25) is 6.41 Å². The van der Waals surface area contributed by atoms with Gasteiger partial charge in [-0.25, -0.2) is 0 Å². The van der Waals surface area contributed by atoms with Crippen LogP contribution in [0.3, 0.4) is 0 Å². The summed E-state index contributed by atoms with van der Waals surface area (Å²) in [6.07, 6.45) is -1.20. The van der Waals surface area contributed by atoms with Gasteiger partial charge in [0, 0.05) is 6.61 Å². The number of carbonyl (C=O) groups is 1. The average Bonchev–Trinajstić information content (AvgIpc) is 1.87. The van der Waals surface area contributed by atoms with Crippen LogP contribution in [0.2, 0.25) is 0 Å². The van der Waals surface area contributed by atoms with E-state index < -0.39 is 18.4 Å². The van der Waals surface area contributed by atoms with E-state index in [0.717, 1.165) is 0 Å². The summed E-state index contributed by atoms with van der Waals surface area (Å²) >= 11 is 0. The van der Waals surface area contributed by atoms with Crippen molar-refractivity contribution in [1.82, 2.24) is 5.32 Å². The van der Waals surface area contributed by atoms with Crippen LogP contribution in [0.1, 0.15) is 13.8 Å². The number of hydrogen-bond acceptors (Lipinski definition) is 4. The molecule has 5 heteroatoms. The predicted octanol–water partition coefficient (Wildman–Crippen LogP) is -0.639. The van der Waals surface area contributed by atoms with E-state index in [2.05, 4.69) is 10.1 Å². The molecule has 66 valence electrons. The fourth-order valence-corrected chi connectivity index (χ4v) is 0.491. The first-order valence-electron chi connectivity index (χ1n) is 3.36. The number of hydrogen-bond donors (Lipinski definition) is 3. The third-order valence-electron chi connectivity index (χ3n) is 1.09. The van der Waals surface area contributed by atoms with Crippen LogP contribution in [0.15, 0.2) is 0 Å². The SMILES string of the molecule is CCOC(O)NC(C)C(=O)O. The van der Waals surface area contributed by atoms with Gasteiger partial charge in [0.05, 0.1) is 0 Å². The molecule has 11 heavy (non-hydrogen) atoms. The fraction of sp³-hybridized carbons (Fsp3) is 0.833. The third-order valence-corrected chi connectivity index (χ3v) is 1.09. The Bertz CT molecular complexity index is 128. The quantitative estimate of drug-likeness (QED) is 0.470. The lowest BCUT2D eigenvalue weighted by Crippen LogP contribution is -2.42. The molecule has 0 rings (SSSR count). The predicted molar refractivity (Wildman–Crippen MR) is 37.9 cm³/mol. The smallest absolute Gasteiger partial charge is 0.320 e. The van der Waals surface area contributed by atoms with Gasteiger partial charge in [-0.1, -0.05) is 0 Å². The lowest BCUT2D eigenvalue weighted by Gasteiger charge is -2.14. The summed E-state index contributed by atoms with van der Waals surface area (Å²) in [5.74, 6) is -1.02. The molecule has 0 aromatic rings. The summed E-state index contributed by atoms with van der Waals surface area (Å²) in [7, 11) is 0. The van der Waals surface area contributed by atoms with Gasteiger partial charge >= 0.3 is 5.97 Å². The number of ether oxygens (including phenoxy) is 1. The van der Waals surface area contributed by atoms with Crippen LogP contribution in [0.25, 0.3) is 0 Å². The highest BCUT2D eigenvalue weighted by Crippen LogP contribution is 1.86. The van der Waals surface area contributed by atoms with Crippen molar-refractivity contribution in [2.75, 3.05) is 6.61 Å². The molecule has 0 saturated carbocycles. The van der Waals surface area contributed by atoms with Gasteiger partial charge in [0.25, 0.3) is 0 Å². The first kappa shape index (κ1) is 10.3. The summed E-state index contributed by atoms with van der Waals surface area (Å²) < 4.78 is 4.64. The maximum Gasteiger partial charge on any atom is 0.320 e. The van der Waals surface area contributed by atoms with Crippen LogP contribution in [-0.4, -0.2) is 35.2 Å². The maximum atomic E-state index is 10.2. The zero-order valence-electron chi connectivity index (χ0n) is 6.57. The normalized spacial score (nSPS) is 15.9. The Labute approximate surface area is 65.0 Å². The highest BCUT2D eigenvalue weighted by molar-refractivity contribution is 5.72. The average molecular weight is 163 g/mol. The number of rotatable bonds is 5. The lowest BCUT2D eigenvalue weighted by molar-refractivity contribution is -0.150. The van der Waals surface area contributed by atoms with Crippen LogP contribution >= 0.6 is 0 Å². The second-order valence-corrected chi connectivity index (χ2v) is 2.03. The molecule has 0 amide bonds. The molecule has 0 heterocycles. The second-order valence-electron chi connectivity index (χ2n) is 2.03. The molecule has 2 unspecified atom stereocenters. The number of aliphatic hydroxyl groups is 1. The first-order valence-corrected chi connectivity index (χ1v) is 3.36. The fourth-order valence-electron chi connectivity index (χ4n) is 0.491. The largest absolute Gasteiger partial charge is 0.480 e. The van der Waals surface area contributed by atoms with Gasteiger partial charge in [-0.3, -0.25) is 10.1 Å². The number of carboxylic acids is 1. The second kappa shape index (κ2) is 5.06. The Kier molecular flexibility index (Phi) is 4.76. The summed E-state index contributed by atoms with van der Waals surface area (Å²) in [6.45, 7) is 3.46. The summed E-state index contributed by atoms with van der Waals surface area (Å²) in [4.78, 5) is 10.2. The molecule has 0 spiro atoms. The Balaban J connectivity index is 3.56. The number of carboxylic acid groups (broad SMARTS) is 1. The van der Waals surface area contributed by atoms with Gasteiger partial charge in [-0.15, -0.1) is 0 Å². The molecule has 0 aliphatic rings. The van der Waals surface area contributed by atoms with Gasteiger partial charge in [0.1, 0.15) is 6.04 Å². The Morgan fingerprint density at radius 3 is 2.64 bits per heavy atom. The van der Waals surface area contributed by atoms with Crippen molar-refractivity contribution in [2.45, 2.75) is 26.3 Å². The van der Waals surface area contributed by atoms with Crippen LogP contribution in [-0.2, 0) is 9.53 Å². The highest BCUT2D eigenvalue weighted by Gasteiger charge is 2.13. The van der Waals surface area contributed by atoms with Crippen molar-refractivity contribution in [1.29, 1.82) is 0 Å². The van der Waals surface area contributed by atoms with Crippen molar-refractivity contribution in [3.05, 3.63) is 0 Å². The molecular weight excluding hydrogens is 150 g/mol. The van der Waals surface area contributed by atoms with Crippen molar-refractivity contribution in [3.8, 4) is 0 Å². The Morgan fingerprint density at radius 1 is 1.73 bits per heavy atom. The van der Waals surface area contributed by atoms with Crippen LogP contribution in [0, 0.1) is 0 Å². The van der Waals surface area contributed by atoms with E-state index in [4.69, 9.17) is 10.2 Å². The summed E-state index contributed by atoms with van der Waals surface area (Å²) in [5, 5.41) is 19.6. The van der Waals surface area contributed by atoms with Gasteiger partial charge in [0.15, 0.2) is 0 Å². The number of nitrogens with one attached hydrogen (secondary N) is 1. The van der Waals surface area contributed by atoms with Crippen molar-refractivity contribution in [2.24, 2.45) is 0 Å². The molecule has 5 nitrogen and oxygen atoms in total.